The molecule has 1 N–H and O–H groups in total. The normalized spacial score (nSPS) is 22.9. The lowest BCUT2D eigenvalue weighted by molar-refractivity contribution is -0.274. The van der Waals surface area contributed by atoms with E-state index in [9.17, 15) is 18.0 Å². The minimum Gasteiger partial charge on any atom is -0.406 e. The highest BCUT2D eigenvalue weighted by molar-refractivity contribution is 5.77. The van der Waals surface area contributed by atoms with Gasteiger partial charge in [-0.05, 0) is 18.6 Å². The van der Waals surface area contributed by atoms with Crippen LogP contribution in [-0.2, 0) is 4.74 Å². The van der Waals surface area contributed by atoms with Crippen LogP contribution in [0.25, 0.3) is 11.0 Å². The number of alkyl halides is 3. The molecule has 0 aliphatic carbocycles. The van der Waals surface area contributed by atoms with Crippen molar-refractivity contribution in [2.45, 2.75) is 25.7 Å². The highest BCUT2D eigenvalue weighted by Crippen LogP contribution is 2.30. The molecular formula is C14H15F3N2O3. The van der Waals surface area contributed by atoms with Gasteiger partial charge in [-0.25, -0.2) is 4.79 Å². The Morgan fingerprint density at radius 1 is 1.41 bits per heavy atom. The molecule has 1 aromatic carbocycles. The van der Waals surface area contributed by atoms with Crippen molar-refractivity contribution < 1.29 is 22.6 Å². The highest BCUT2D eigenvalue weighted by Gasteiger charge is 2.31. The Labute approximate surface area is 123 Å². The fraction of sp³-hybridized carbons (Fsp3) is 0.500. The van der Waals surface area contributed by atoms with Crippen molar-refractivity contribution in [1.82, 2.24) is 9.55 Å². The van der Waals surface area contributed by atoms with Crippen molar-refractivity contribution in [3.63, 3.8) is 0 Å². The maximum atomic E-state index is 12.3. The van der Waals surface area contributed by atoms with Crippen molar-refractivity contribution in [2.24, 2.45) is 5.92 Å². The smallest absolute Gasteiger partial charge is 0.406 e. The van der Waals surface area contributed by atoms with Gasteiger partial charge >= 0.3 is 12.1 Å². The molecule has 0 amide bonds. The molecule has 2 atom stereocenters. The summed E-state index contributed by atoms with van der Waals surface area (Å²) in [5.74, 6) is -0.204. The van der Waals surface area contributed by atoms with Gasteiger partial charge in [0.05, 0.1) is 17.6 Å². The van der Waals surface area contributed by atoms with Gasteiger partial charge in [-0.15, -0.1) is 13.2 Å². The Morgan fingerprint density at radius 3 is 2.86 bits per heavy atom. The standard InChI is InChI=1S/C14H15F3N2O3/c1-8-7-21-5-4-11(8)19-12-3-2-9(22-14(15,16)17)6-10(12)18-13(19)20/h2-3,6,8,11H,4-5,7H2,1H3,(H,18,20)/t8-,11?/m0/s1. The van der Waals surface area contributed by atoms with Crippen LogP contribution in [0, 0.1) is 5.92 Å². The number of hydrogen-bond acceptors (Lipinski definition) is 3. The molecule has 8 heteroatoms. The highest BCUT2D eigenvalue weighted by atomic mass is 19.4. The maximum Gasteiger partial charge on any atom is 0.573 e. The van der Waals surface area contributed by atoms with Gasteiger partial charge < -0.3 is 14.5 Å². The molecule has 1 aromatic heterocycles. The second kappa shape index (κ2) is 5.35. The summed E-state index contributed by atoms with van der Waals surface area (Å²) in [6.45, 7) is 3.10. The Bertz CT molecular complexity index is 735. The molecule has 1 saturated heterocycles. The lowest BCUT2D eigenvalue weighted by atomic mass is 9.97. The number of nitrogens with one attached hydrogen (secondary N) is 1. The molecule has 2 aromatic rings. The molecule has 1 fully saturated rings. The van der Waals surface area contributed by atoms with Crippen LogP contribution in [0.5, 0.6) is 5.75 Å². The van der Waals surface area contributed by atoms with Crippen LogP contribution in [0.2, 0.25) is 0 Å². The SMILES string of the molecule is C[C@H]1COCCC1n1c(=O)[nH]c2cc(OC(F)(F)F)ccc21. The molecule has 1 aliphatic rings. The fourth-order valence-electron chi connectivity index (χ4n) is 2.89. The molecule has 0 radical (unpaired) electrons. The fourth-order valence-corrected chi connectivity index (χ4v) is 2.89. The van der Waals surface area contributed by atoms with Crippen LogP contribution in [-0.4, -0.2) is 29.1 Å². The minimum absolute atomic E-state index is 0.0376. The zero-order valence-electron chi connectivity index (χ0n) is 11.8. The number of aromatic amines is 1. The van der Waals surface area contributed by atoms with E-state index >= 15 is 0 Å². The summed E-state index contributed by atoms with van der Waals surface area (Å²) in [4.78, 5) is 14.8. The second-order valence-corrected chi connectivity index (χ2v) is 5.44. The van der Waals surface area contributed by atoms with Gasteiger partial charge in [0.25, 0.3) is 0 Å². The van der Waals surface area contributed by atoms with E-state index in [4.69, 9.17) is 4.74 Å². The molecule has 120 valence electrons. The van der Waals surface area contributed by atoms with Gasteiger partial charge in [-0.3, -0.25) is 4.57 Å². The molecule has 0 spiro atoms. The number of H-pyrrole nitrogens is 1. The number of halogens is 3. The van der Waals surface area contributed by atoms with E-state index in [2.05, 4.69) is 9.72 Å². The predicted octanol–water partition coefficient (Wildman–Crippen LogP) is 2.83. The summed E-state index contributed by atoms with van der Waals surface area (Å²) < 4.78 is 47.6. The summed E-state index contributed by atoms with van der Waals surface area (Å²) in [5.41, 5.74) is 0.557. The van der Waals surface area contributed by atoms with Gasteiger partial charge in [0.1, 0.15) is 5.75 Å². The Balaban J connectivity index is 2.02. The number of hydrogen-bond donors (Lipinski definition) is 1. The molecule has 0 saturated carbocycles. The van der Waals surface area contributed by atoms with E-state index in [-0.39, 0.29) is 23.4 Å². The molecule has 3 rings (SSSR count). The number of aromatic nitrogens is 2. The van der Waals surface area contributed by atoms with Crippen molar-refractivity contribution in [2.75, 3.05) is 13.2 Å². The first-order chi connectivity index (χ1) is 10.3. The summed E-state index contributed by atoms with van der Waals surface area (Å²) in [6, 6.07) is 3.83. The van der Waals surface area contributed by atoms with Crippen molar-refractivity contribution in [3.8, 4) is 5.75 Å². The van der Waals surface area contributed by atoms with Crippen molar-refractivity contribution in [3.05, 3.63) is 28.7 Å². The molecular weight excluding hydrogens is 301 g/mol. The second-order valence-electron chi connectivity index (χ2n) is 5.44. The van der Waals surface area contributed by atoms with Gasteiger partial charge in [-0.2, -0.15) is 0 Å². The van der Waals surface area contributed by atoms with E-state index in [1.165, 1.54) is 18.2 Å². The van der Waals surface area contributed by atoms with Crippen molar-refractivity contribution in [1.29, 1.82) is 0 Å². The average molecular weight is 316 g/mol. The topological polar surface area (TPSA) is 56.2 Å². The van der Waals surface area contributed by atoms with E-state index in [0.717, 1.165) is 0 Å². The van der Waals surface area contributed by atoms with Crippen molar-refractivity contribution >= 4 is 11.0 Å². The summed E-state index contributed by atoms with van der Waals surface area (Å²) in [5, 5.41) is 0. The molecule has 2 heterocycles. The van der Waals surface area contributed by atoms with Gasteiger partial charge in [-0.1, -0.05) is 6.92 Å². The molecule has 0 bridgehead atoms. The first-order valence-corrected chi connectivity index (χ1v) is 6.93. The molecule has 22 heavy (non-hydrogen) atoms. The number of rotatable bonds is 2. The van der Waals surface area contributed by atoms with E-state index in [1.54, 1.807) is 4.57 Å². The van der Waals surface area contributed by atoms with E-state index in [1.807, 2.05) is 6.92 Å². The average Bonchev–Trinajstić information content (AvgIpc) is 2.73. The van der Waals surface area contributed by atoms with Crippen LogP contribution >= 0.6 is 0 Å². The largest absolute Gasteiger partial charge is 0.573 e. The zero-order chi connectivity index (χ0) is 15.9. The minimum atomic E-state index is -4.76. The van der Waals surface area contributed by atoms with Crippen LogP contribution < -0.4 is 10.4 Å². The predicted molar refractivity (Wildman–Crippen MR) is 72.9 cm³/mol. The van der Waals surface area contributed by atoms with Gasteiger partial charge in [0, 0.05) is 24.6 Å². The third-order valence-corrected chi connectivity index (χ3v) is 3.85. The summed E-state index contributed by atoms with van der Waals surface area (Å²) in [6.07, 6.45) is -4.07. The van der Waals surface area contributed by atoms with Crippen LogP contribution in [0.1, 0.15) is 19.4 Å². The van der Waals surface area contributed by atoms with Crippen LogP contribution in [0.4, 0.5) is 13.2 Å². The number of fused-ring (bicyclic) bond motifs is 1. The molecule has 1 aliphatic heterocycles. The lowest BCUT2D eigenvalue weighted by Gasteiger charge is -2.29. The zero-order valence-corrected chi connectivity index (χ0v) is 11.8. The number of nitrogens with zero attached hydrogens (tertiary/aromatic N) is 1. The Hall–Kier alpha value is -1.96. The first-order valence-electron chi connectivity index (χ1n) is 6.93. The van der Waals surface area contributed by atoms with E-state index in [0.29, 0.717) is 30.7 Å². The van der Waals surface area contributed by atoms with Crippen LogP contribution in [0.3, 0.4) is 0 Å². The van der Waals surface area contributed by atoms with E-state index < -0.39 is 6.36 Å². The lowest BCUT2D eigenvalue weighted by Crippen LogP contribution is -2.33. The van der Waals surface area contributed by atoms with Gasteiger partial charge in [0.2, 0.25) is 0 Å². The Kier molecular flexibility index (Phi) is 3.64. The quantitative estimate of drug-likeness (QED) is 0.927. The Morgan fingerprint density at radius 2 is 2.18 bits per heavy atom. The number of imidazole rings is 1. The number of benzene rings is 1. The molecule has 1 unspecified atom stereocenters. The molecule has 5 nitrogen and oxygen atoms in total. The van der Waals surface area contributed by atoms with Crippen LogP contribution in [0.15, 0.2) is 23.0 Å². The monoisotopic (exact) mass is 316 g/mol. The third kappa shape index (κ3) is 2.83. The third-order valence-electron chi connectivity index (χ3n) is 3.85. The first kappa shape index (κ1) is 15.0. The van der Waals surface area contributed by atoms with Gasteiger partial charge in [0.15, 0.2) is 0 Å². The number of ether oxygens (including phenoxy) is 2. The summed E-state index contributed by atoms with van der Waals surface area (Å²) >= 11 is 0. The maximum absolute atomic E-state index is 12.3. The summed E-state index contributed by atoms with van der Waals surface area (Å²) in [7, 11) is 0.